The molecule has 0 bridgehead atoms. The molecule has 1 N–H and O–H groups in total. The van der Waals surface area contributed by atoms with Crippen molar-refractivity contribution in [3.8, 4) is 0 Å². The Labute approximate surface area is 117 Å². The minimum Gasteiger partial charge on any atom is -0.313 e. The molecule has 0 aromatic rings. The Balaban J connectivity index is 1.65. The summed E-state index contributed by atoms with van der Waals surface area (Å²) in [7, 11) is -0.697. The molecule has 1 aliphatic heterocycles. The van der Waals surface area contributed by atoms with E-state index < -0.39 is 9.84 Å². The van der Waals surface area contributed by atoms with Crippen LogP contribution in [0.1, 0.15) is 44.9 Å². The van der Waals surface area contributed by atoms with Gasteiger partial charge in [-0.2, -0.15) is 0 Å². The quantitative estimate of drug-likeness (QED) is 0.777. The monoisotopic (exact) mass is 288 g/mol. The lowest BCUT2D eigenvalue weighted by Gasteiger charge is -2.24. The van der Waals surface area contributed by atoms with Crippen molar-refractivity contribution in [2.24, 2.45) is 0 Å². The predicted octanol–water partition coefficient (Wildman–Crippen LogP) is 1.42. The molecule has 0 amide bonds. The van der Waals surface area contributed by atoms with Crippen LogP contribution in [0.25, 0.3) is 0 Å². The molecular weight excluding hydrogens is 260 g/mol. The first-order valence-electron chi connectivity index (χ1n) is 7.71. The Kier molecular flexibility index (Phi) is 5.66. The number of hydrogen-bond acceptors (Lipinski definition) is 4. The van der Waals surface area contributed by atoms with Gasteiger partial charge in [0.05, 0.1) is 11.5 Å². The van der Waals surface area contributed by atoms with E-state index in [1.54, 1.807) is 0 Å². The van der Waals surface area contributed by atoms with Crippen LogP contribution >= 0.6 is 0 Å². The van der Waals surface area contributed by atoms with Crippen molar-refractivity contribution >= 4 is 9.84 Å². The van der Waals surface area contributed by atoms with E-state index in [1.165, 1.54) is 38.5 Å². The number of nitrogens with one attached hydrogen (secondary N) is 1. The Hall–Kier alpha value is -0.130. The summed E-state index contributed by atoms with van der Waals surface area (Å²) in [5, 5.41) is 3.65. The zero-order valence-corrected chi connectivity index (χ0v) is 12.9. The zero-order valence-electron chi connectivity index (χ0n) is 12.1. The van der Waals surface area contributed by atoms with Crippen molar-refractivity contribution in [3.63, 3.8) is 0 Å². The highest BCUT2D eigenvalue weighted by Crippen LogP contribution is 2.18. The van der Waals surface area contributed by atoms with Crippen molar-refractivity contribution in [2.45, 2.75) is 57.0 Å². The van der Waals surface area contributed by atoms with E-state index in [0.29, 0.717) is 17.5 Å². The molecule has 0 spiro atoms. The van der Waals surface area contributed by atoms with Crippen LogP contribution in [0.4, 0.5) is 0 Å². The van der Waals surface area contributed by atoms with Crippen LogP contribution < -0.4 is 5.32 Å². The van der Waals surface area contributed by atoms with Crippen molar-refractivity contribution < 1.29 is 8.42 Å². The molecule has 112 valence electrons. The van der Waals surface area contributed by atoms with E-state index in [-0.39, 0.29) is 6.04 Å². The van der Waals surface area contributed by atoms with E-state index in [1.807, 2.05) is 0 Å². The average molecular weight is 288 g/mol. The standard InChI is InChI=1S/C14H28N2O2S/c1-16(14-8-11-19(17,18)12-14)10-9-15-13-6-4-2-3-5-7-13/h13-15H,2-12H2,1H3. The molecule has 0 aromatic heterocycles. The molecule has 1 saturated heterocycles. The van der Waals surface area contributed by atoms with Gasteiger partial charge in [-0.15, -0.1) is 0 Å². The SMILES string of the molecule is CN(CCNC1CCCCCC1)C1CCS(=O)(=O)C1. The van der Waals surface area contributed by atoms with Crippen molar-refractivity contribution in [3.05, 3.63) is 0 Å². The molecule has 4 nitrogen and oxygen atoms in total. The highest BCUT2D eigenvalue weighted by atomic mass is 32.2. The number of hydrogen-bond donors (Lipinski definition) is 1. The van der Waals surface area contributed by atoms with Crippen LogP contribution in [0.3, 0.4) is 0 Å². The lowest BCUT2D eigenvalue weighted by molar-refractivity contribution is 0.256. The van der Waals surface area contributed by atoms with Crippen LogP contribution in [-0.2, 0) is 9.84 Å². The molecular formula is C14H28N2O2S. The normalized spacial score (nSPS) is 28.6. The smallest absolute Gasteiger partial charge is 0.151 e. The third-order valence-electron chi connectivity index (χ3n) is 4.58. The summed E-state index contributed by atoms with van der Waals surface area (Å²) < 4.78 is 22.9. The van der Waals surface area contributed by atoms with Gasteiger partial charge in [-0.05, 0) is 26.3 Å². The van der Waals surface area contributed by atoms with E-state index in [9.17, 15) is 8.42 Å². The zero-order chi connectivity index (χ0) is 13.7. The minimum absolute atomic E-state index is 0.237. The maximum absolute atomic E-state index is 11.5. The number of sulfone groups is 1. The highest BCUT2D eigenvalue weighted by molar-refractivity contribution is 7.91. The summed E-state index contributed by atoms with van der Waals surface area (Å²) in [6, 6.07) is 0.921. The molecule has 5 heteroatoms. The van der Waals surface area contributed by atoms with Gasteiger partial charge in [-0.1, -0.05) is 25.7 Å². The van der Waals surface area contributed by atoms with Crippen LogP contribution in [0, 0.1) is 0 Å². The van der Waals surface area contributed by atoms with E-state index in [0.717, 1.165) is 19.5 Å². The minimum atomic E-state index is -2.75. The van der Waals surface area contributed by atoms with Gasteiger partial charge in [0.1, 0.15) is 0 Å². The fourth-order valence-corrected chi connectivity index (χ4v) is 5.04. The number of likely N-dealkylation sites (N-methyl/N-ethyl adjacent to an activating group) is 1. The van der Waals surface area contributed by atoms with Gasteiger partial charge in [-0.3, -0.25) is 0 Å². The summed E-state index contributed by atoms with van der Waals surface area (Å²) in [6.07, 6.45) is 8.91. The van der Waals surface area contributed by atoms with Gasteiger partial charge in [0.15, 0.2) is 9.84 Å². The summed E-state index contributed by atoms with van der Waals surface area (Å²) in [5.41, 5.74) is 0. The van der Waals surface area contributed by atoms with E-state index >= 15 is 0 Å². The molecule has 0 aromatic carbocycles. The molecule has 0 radical (unpaired) electrons. The van der Waals surface area contributed by atoms with Gasteiger partial charge in [0, 0.05) is 25.2 Å². The Morgan fingerprint density at radius 2 is 1.79 bits per heavy atom. The predicted molar refractivity (Wildman–Crippen MR) is 79.2 cm³/mol. The Bertz CT molecular complexity index is 362. The molecule has 1 saturated carbocycles. The van der Waals surface area contributed by atoms with Crippen molar-refractivity contribution in [2.75, 3.05) is 31.6 Å². The second-order valence-corrected chi connectivity index (χ2v) is 8.41. The van der Waals surface area contributed by atoms with Crippen LogP contribution in [0.2, 0.25) is 0 Å². The molecule has 1 heterocycles. The maximum atomic E-state index is 11.5. The topological polar surface area (TPSA) is 49.4 Å². The third-order valence-corrected chi connectivity index (χ3v) is 6.33. The summed E-state index contributed by atoms with van der Waals surface area (Å²) >= 11 is 0. The molecule has 1 atom stereocenters. The van der Waals surface area contributed by atoms with Crippen LogP contribution in [-0.4, -0.2) is 57.0 Å². The first-order valence-corrected chi connectivity index (χ1v) is 9.53. The molecule has 2 aliphatic rings. The maximum Gasteiger partial charge on any atom is 0.151 e. The lowest BCUT2D eigenvalue weighted by Crippen LogP contribution is -2.40. The summed E-state index contributed by atoms with van der Waals surface area (Å²) in [5.74, 6) is 0.727. The molecule has 2 fully saturated rings. The van der Waals surface area contributed by atoms with Gasteiger partial charge in [-0.25, -0.2) is 8.42 Å². The van der Waals surface area contributed by atoms with Crippen LogP contribution in [0.15, 0.2) is 0 Å². The average Bonchev–Trinajstić information content (AvgIpc) is 2.59. The second-order valence-electron chi connectivity index (χ2n) is 6.18. The fourth-order valence-electron chi connectivity index (χ4n) is 3.23. The molecule has 2 rings (SSSR count). The Morgan fingerprint density at radius 3 is 2.37 bits per heavy atom. The number of rotatable bonds is 5. The first-order chi connectivity index (χ1) is 9.07. The molecule has 19 heavy (non-hydrogen) atoms. The van der Waals surface area contributed by atoms with Gasteiger partial charge in [0.2, 0.25) is 0 Å². The highest BCUT2D eigenvalue weighted by Gasteiger charge is 2.30. The summed E-state index contributed by atoms with van der Waals surface area (Å²) in [4.78, 5) is 2.22. The first kappa shape index (κ1) is 15.3. The fraction of sp³-hybridized carbons (Fsp3) is 1.00. The molecule has 1 aliphatic carbocycles. The van der Waals surface area contributed by atoms with Crippen LogP contribution in [0.5, 0.6) is 0 Å². The van der Waals surface area contributed by atoms with Gasteiger partial charge >= 0.3 is 0 Å². The second kappa shape index (κ2) is 7.04. The van der Waals surface area contributed by atoms with Gasteiger partial charge < -0.3 is 10.2 Å². The van der Waals surface area contributed by atoms with Crippen molar-refractivity contribution in [1.29, 1.82) is 0 Å². The van der Waals surface area contributed by atoms with Gasteiger partial charge in [0.25, 0.3) is 0 Å². The van der Waals surface area contributed by atoms with Crippen molar-refractivity contribution in [1.82, 2.24) is 10.2 Å². The Morgan fingerprint density at radius 1 is 1.11 bits per heavy atom. The number of nitrogens with zero attached hydrogens (tertiary/aromatic N) is 1. The van der Waals surface area contributed by atoms with E-state index in [2.05, 4.69) is 17.3 Å². The third kappa shape index (κ3) is 5.04. The largest absolute Gasteiger partial charge is 0.313 e. The van der Waals surface area contributed by atoms with E-state index in [4.69, 9.17) is 0 Å². The lowest BCUT2D eigenvalue weighted by atomic mass is 10.1. The molecule has 1 unspecified atom stereocenters. The summed E-state index contributed by atoms with van der Waals surface area (Å²) in [6.45, 7) is 1.94.